The number of carbonyl (C=O) groups excluding carboxylic acids is 3. The van der Waals surface area contributed by atoms with Crippen molar-refractivity contribution in [1.29, 1.82) is 0 Å². The standard InChI is InChI=1S/C25H29FN4O4/c1-34-16-23(31)28-20-8-9-22(29-10-12-30(13-11-29)25(33)18-4-5-18)21(14-20)24(32)27-15-17-2-6-19(26)7-3-17/h2-3,6-9,14,18H,4-5,10-13,15-16H2,1H3,(H,27,32)(H,28,31). The Hall–Kier alpha value is -3.46. The van der Waals surface area contributed by atoms with Crippen LogP contribution in [0.2, 0.25) is 0 Å². The van der Waals surface area contributed by atoms with Crippen LogP contribution in [0.5, 0.6) is 0 Å². The summed E-state index contributed by atoms with van der Waals surface area (Å²) in [7, 11) is 1.44. The summed E-state index contributed by atoms with van der Waals surface area (Å²) in [5, 5.41) is 5.61. The van der Waals surface area contributed by atoms with E-state index in [1.165, 1.54) is 19.2 Å². The summed E-state index contributed by atoms with van der Waals surface area (Å²) in [6, 6.07) is 11.1. The van der Waals surface area contributed by atoms with E-state index in [0.29, 0.717) is 37.4 Å². The van der Waals surface area contributed by atoms with Gasteiger partial charge in [0.2, 0.25) is 11.8 Å². The van der Waals surface area contributed by atoms with Crippen molar-refractivity contribution in [2.24, 2.45) is 5.92 Å². The van der Waals surface area contributed by atoms with Gasteiger partial charge in [-0.2, -0.15) is 0 Å². The topological polar surface area (TPSA) is 91.0 Å². The highest BCUT2D eigenvalue weighted by Gasteiger charge is 2.35. The first-order chi connectivity index (χ1) is 16.4. The van der Waals surface area contributed by atoms with Crippen molar-refractivity contribution in [3.63, 3.8) is 0 Å². The molecule has 3 amide bonds. The van der Waals surface area contributed by atoms with Gasteiger partial charge in [0.05, 0.1) is 5.56 Å². The fourth-order valence-corrected chi connectivity index (χ4v) is 4.04. The molecule has 1 saturated heterocycles. The molecule has 2 aromatic rings. The lowest BCUT2D eigenvalue weighted by molar-refractivity contribution is -0.132. The normalized spacial score (nSPS) is 15.7. The maximum Gasteiger partial charge on any atom is 0.253 e. The highest BCUT2D eigenvalue weighted by Crippen LogP contribution is 2.32. The number of hydrogen-bond acceptors (Lipinski definition) is 5. The number of anilines is 2. The third kappa shape index (κ3) is 5.91. The first kappa shape index (κ1) is 23.7. The molecule has 0 unspecified atom stereocenters. The molecule has 0 bridgehead atoms. The number of benzene rings is 2. The Morgan fingerprint density at radius 3 is 2.38 bits per heavy atom. The van der Waals surface area contributed by atoms with Gasteiger partial charge in [-0.1, -0.05) is 12.1 Å². The van der Waals surface area contributed by atoms with Crippen LogP contribution >= 0.6 is 0 Å². The Balaban J connectivity index is 1.50. The van der Waals surface area contributed by atoms with Crippen LogP contribution in [0.3, 0.4) is 0 Å². The Morgan fingerprint density at radius 1 is 1.03 bits per heavy atom. The van der Waals surface area contributed by atoms with Gasteiger partial charge in [-0.15, -0.1) is 0 Å². The molecule has 1 aliphatic heterocycles. The van der Waals surface area contributed by atoms with Crippen LogP contribution in [0, 0.1) is 11.7 Å². The summed E-state index contributed by atoms with van der Waals surface area (Å²) in [5.74, 6) is -0.544. The van der Waals surface area contributed by atoms with E-state index in [0.717, 1.165) is 24.1 Å². The third-order valence-corrected chi connectivity index (χ3v) is 6.03. The van der Waals surface area contributed by atoms with Crippen LogP contribution < -0.4 is 15.5 Å². The van der Waals surface area contributed by atoms with Crippen molar-refractivity contribution in [3.8, 4) is 0 Å². The molecule has 180 valence electrons. The number of halogens is 1. The molecule has 0 aromatic heterocycles. The van der Waals surface area contributed by atoms with Crippen LogP contribution in [0.1, 0.15) is 28.8 Å². The quantitative estimate of drug-likeness (QED) is 0.621. The average molecular weight is 469 g/mol. The Morgan fingerprint density at radius 2 is 1.74 bits per heavy atom. The summed E-state index contributed by atoms with van der Waals surface area (Å²) in [6.07, 6.45) is 1.96. The van der Waals surface area contributed by atoms with Crippen LogP contribution in [0.15, 0.2) is 42.5 Å². The van der Waals surface area contributed by atoms with Gasteiger partial charge in [0.15, 0.2) is 0 Å². The van der Waals surface area contributed by atoms with E-state index >= 15 is 0 Å². The summed E-state index contributed by atoms with van der Waals surface area (Å²) in [4.78, 5) is 41.5. The molecule has 1 heterocycles. The minimum absolute atomic E-state index is 0.0924. The lowest BCUT2D eigenvalue weighted by atomic mass is 10.1. The van der Waals surface area contributed by atoms with Crippen LogP contribution in [0.25, 0.3) is 0 Å². The number of carbonyl (C=O) groups is 3. The van der Waals surface area contributed by atoms with E-state index in [2.05, 4.69) is 15.5 Å². The SMILES string of the molecule is COCC(=O)Nc1ccc(N2CCN(C(=O)C3CC3)CC2)c(C(=O)NCc2ccc(F)cc2)c1. The van der Waals surface area contributed by atoms with E-state index in [9.17, 15) is 18.8 Å². The molecular formula is C25H29FN4O4. The van der Waals surface area contributed by atoms with Gasteiger partial charge >= 0.3 is 0 Å². The molecule has 2 N–H and O–H groups in total. The van der Waals surface area contributed by atoms with Gasteiger partial charge in [0.25, 0.3) is 5.91 Å². The van der Waals surface area contributed by atoms with Gasteiger partial charge in [0, 0.05) is 57.1 Å². The lowest BCUT2D eigenvalue weighted by Crippen LogP contribution is -2.49. The molecule has 8 nitrogen and oxygen atoms in total. The summed E-state index contributed by atoms with van der Waals surface area (Å²) < 4.78 is 18.0. The third-order valence-electron chi connectivity index (χ3n) is 6.03. The summed E-state index contributed by atoms with van der Waals surface area (Å²) >= 11 is 0. The molecule has 1 saturated carbocycles. The molecule has 9 heteroatoms. The van der Waals surface area contributed by atoms with Crippen molar-refractivity contribution >= 4 is 29.1 Å². The van der Waals surface area contributed by atoms with E-state index < -0.39 is 0 Å². The molecule has 34 heavy (non-hydrogen) atoms. The second kappa shape index (κ2) is 10.6. The molecule has 2 aromatic carbocycles. The zero-order valence-electron chi connectivity index (χ0n) is 19.2. The Bertz CT molecular complexity index is 1050. The second-order valence-corrected chi connectivity index (χ2v) is 8.61. The minimum atomic E-state index is -0.337. The fourth-order valence-electron chi connectivity index (χ4n) is 4.04. The predicted molar refractivity (Wildman–Crippen MR) is 126 cm³/mol. The number of piperazine rings is 1. The smallest absolute Gasteiger partial charge is 0.253 e. The van der Waals surface area contributed by atoms with Crippen molar-refractivity contribution in [2.45, 2.75) is 19.4 Å². The van der Waals surface area contributed by atoms with Gasteiger partial charge in [-0.05, 0) is 48.7 Å². The Labute approximate surface area is 198 Å². The minimum Gasteiger partial charge on any atom is -0.375 e. The highest BCUT2D eigenvalue weighted by molar-refractivity contribution is 6.02. The van der Waals surface area contributed by atoms with E-state index in [1.54, 1.807) is 24.3 Å². The molecular weight excluding hydrogens is 439 g/mol. The number of nitrogens with one attached hydrogen (secondary N) is 2. The molecule has 0 atom stereocenters. The van der Waals surface area contributed by atoms with Gasteiger partial charge < -0.3 is 25.2 Å². The molecule has 2 fully saturated rings. The van der Waals surface area contributed by atoms with E-state index in [1.807, 2.05) is 11.0 Å². The predicted octanol–water partition coefficient (Wildman–Crippen LogP) is 2.40. The number of methoxy groups -OCH3 is 1. The second-order valence-electron chi connectivity index (χ2n) is 8.61. The number of ether oxygens (including phenoxy) is 1. The van der Waals surface area contributed by atoms with Crippen molar-refractivity contribution in [1.82, 2.24) is 10.2 Å². The summed E-state index contributed by atoms with van der Waals surface area (Å²) in [6.45, 7) is 2.60. The highest BCUT2D eigenvalue weighted by atomic mass is 19.1. The lowest BCUT2D eigenvalue weighted by Gasteiger charge is -2.37. The molecule has 4 rings (SSSR count). The van der Waals surface area contributed by atoms with E-state index in [4.69, 9.17) is 4.74 Å². The van der Waals surface area contributed by atoms with Gasteiger partial charge in [0.1, 0.15) is 12.4 Å². The zero-order valence-corrected chi connectivity index (χ0v) is 19.2. The summed E-state index contributed by atoms with van der Waals surface area (Å²) in [5.41, 5.74) is 2.41. The van der Waals surface area contributed by atoms with Gasteiger partial charge in [-0.25, -0.2) is 4.39 Å². The first-order valence-corrected chi connectivity index (χ1v) is 11.4. The van der Waals surface area contributed by atoms with Crippen molar-refractivity contribution in [2.75, 3.05) is 50.1 Å². The molecule has 0 spiro atoms. The van der Waals surface area contributed by atoms with Crippen molar-refractivity contribution in [3.05, 3.63) is 59.4 Å². The van der Waals surface area contributed by atoms with Crippen LogP contribution in [-0.2, 0) is 20.9 Å². The number of amides is 3. The number of rotatable bonds is 8. The maximum atomic E-state index is 13.2. The van der Waals surface area contributed by atoms with E-state index in [-0.39, 0.29) is 42.6 Å². The van der Waals surface area contributed by atoms with Crippen LogP contribution in [0.4, 0.5) is 15.8 Å². The fraction of sp³-hybridized carbons (Fsp3) is 0.400. The largest absolute Gasteiger partial charge is 0.375 e. The monoisotopic (exact) mass is 468 g/mol. The number of nitrogens with zero attached hydrogens (tertiary/aromatic N) is 2. The van der Waals surface area contributed by atoms with Crippen molar-refractivity contribution < 1.29 is 23.5 Å². The zero-order chi connectivity index (χ0) is 24.1. The molecule has 2 aliphatic rings. The van der Waals surface area contributed by atoms with Crippen LogP contribution in [-0.4, -0.2) is 62.5 Å². The van der Waals surface area contributed by atoms with Gasteiger partial charge in [-0.3, -0.25) is 14.4 Å². The average Bonchev–Trinajstić information content (AvgIpc) is 3.69. The molecule has 0 radical (unpaired) electrons. The maximum absolute atomic E-state index is 13.2. The number of hydrogen-bond donors (Lipinski definition) is 2. The molecule has 1 aliphatic carbocycles. The first-order valence-electron chi connectivity index (χ1n) is 11.4. The Kier molecular flexibility index (Phi) is 7.42.